The van der Waals surface area contributed by atoms with Crippen LogP contribution in [0.3, 0.4) is 0 Å². The number of rotatable bonds is 7. The Hall–Kier alpha value is -1.55. The van der Waals surface area contributed by atoms with Crippen molar-refractivity contribution in [2.75, 3.05) is 13.7 Å². The largest absolute Gasteiger partial charge is 0.478 e. The zero-order chi connectivity index (χ0) is 14.3. The summed E-state index contributed by atoms with van der Waals surface area (Å²) in [7, 11) is 1.88. The van der Waals surface area contributed by atoms with Crippen LogP contribution in [-0.4, -0.2) is 25.7 Å². The summed E-state index contributed by atoms with van der Waals surface area (Å²) in [5, 5.41) is 3.10. The molecule has 1 aromatic rings. The summed E-state index contributed by atoms with van der Waals surface area (Å²) in [6.45, 7) is 6.81. The van der Waals surface area contributed by atoms with Crippen LogP contribution in [0.4, 0.5) is 0 Å². The second kappa shape index (κ2) is 7.79. The van der Waals surface area contributed by atoms with Gasteiger partial charge in [0.05, 0.1) is 6.61 Å². The third-order valence-corrected chi connectivity index (χ3v) is 2.77. The summed E-state index contributed by atoms with van der Waals surface area (Å²) in [4.78, 5) is 11.8. The Kier molecular flexibility index (Phi) is 6.36. The van der Waals surface area contributed by atoms with Gasteiger partial charge in [0.15, 0.2) is 6.10 Å². The van der Waals surface area contributed by atoms with Crippen molar-refractivity contribution in [3.8, 4) is 5.75 Å². The Morgan fingerprint density at radius 1 is 1.37 bits per heavy atom. The second-order valence-electron chi connectivity index (χ2n) is 4.41. The van der Waals surface area contributed by atoms with E-state index in [9.17, 15) is 4.79 Å². The third kappa shape index (κ3) is 4.56. The SMILES string of the molecule is CCOC(=O)C(CC)Oc1ccc(C)cc1CNC. The average molecular weight is 265 g/mol. The van der Waals surface area contributed by atoms with E-state index in [4.69, 9.17) is 9.47 Å². The van der Waals surface area contributed by atoms with E-state index >= 15 is 0 Å². The first-order chi connectivity index (χ1) is 9.12. The van der Waals surface area contributed by atoms with Gasteiger partial charge in [0, 0.05) is 12.1 Å². The van der Waals surface area contributed by atoms with Crippen LogP contribution in [-0.2, 0) is 16.1 Å². The molecule has 0 spiro atoms. The van der Waals surface area contributed by atoms with Gasteiger partial charge in [-0.25, -0.2) is 4.79 Å². The molecular formula is C15H23NO3. The lowest BCUT2D eigenvalue weighted by atomic mass is 10.1. The van der Waals surface area contributed by atoms with Crippen LogP contribution < -0.4 is 10.1 Å². The van der Waals surface area contributed by atoms with Crippen LogP contribution in [0.1, 0.15) is 31.4 Å². The molecule has 4 nitrogen and oxygen atoms in total. The monoisotopic (exact) mass is 265 g/mol. The van der Waals surface area contributed by atoms with Crippen molar-refractivity contribution in [1.29, 1.82) is 0 Å². The molecule has 1 rings (SSSR count). The van der Waals surface area contributed by atoms with Gasteiger partial charge in [0.25, 0.3) is 0 Å². The van der Waals surface area contributed by atoms with Gasteiger partial charge in [0.1, 0.15) is 5.75 Å². The minimum atomic E-state index is -0.543. The summed E-state index contributed by atoms with van der Waals surface area (Å²) in [6.07, 6.45) is 0.0457. The number of benzene rings is 1. The van der Waals surface area contributed by atoms with Gasteiger partial charge in [-0.05, 0) is 33.4 Å². The van der Waals surface area contributed by atoms with Crippen molar-refractivity contribution in [2.45, 2.75) is 39.8 Å². The molecule has 0 aliphatic heterocycles. The molecule has 1 unspecified atom stereocenters. The number of carbonyl (C=O) groups is 1. The van der Waals surface area contributed by atoms with Crippen LogP contribution in [0.2, 0.25) is 0 Å². The normalized spacial score (nSPS) is 12.0. The molecule has 0 bridgehead atoms. The zero-order valence-corrected chi connectivity index (χ0v) is 12.2. The molecule has 106 valence electrons. The van der Waals surface area contributed by atoms with Crippen molar-refractivity contribution in [3.05, 3.63) is 29.3 Å². The zero-order valence-electron chi connectivity index (χ0n) is 12.2. The van der Waals surface area contributed by atoms with Crippen molar-refractivity contribution in [3.63, 3.8) is 0 Å². The molecule has 0 saturated carbocycles. The first-order valence-corrected chi connectivity index (χ1v) is 6.69. The van der Waals surface area contributed by atoms with Crippen LogP contribution in [0, 0.1) is 6.92 Å². The van der Waals surface area contributed by atoms with E-state index in [1.807, 2.05) is 33.0 Å². The van der Waals surface area contributed by atoms with Crippen LogP contribution in [0.15, 0.2) is 18.2 Å². The lowest BCUT2D eigenvalue weighted by Crippen LogP contribution is -2.29. The molecule has 0 aliphatic carbocycles. The fraction of sp³-hybridized carbons (Fsp3) is 0.533. The molecular weight excluding hydrogens is 242 g/mol. The van der Waals surface area contributed by atoms with Crippen molar-refractivity contribution >= 4 is 5.97 Å². The Bertz CT molecular complexity index is 418. The minimum absolute atomic E-state index is 0.305. The van der Waals surface area contributed by atoms with Crippen LogP contribution in [0.25, 0.3) is 0 Å². The summed E-state index contributed by atoms with van der Waals surface area (Å²) in [5.41, 5.74) is 2.21. The van der Waals surface area contributed by atoms with E-state index in [1.54, 1.807) is 6.92 Å². The second-order valence-corrected chi connectivity index (χ2v) is 4.41. The fourth-order valence-electron chi connectivity index (χ4n) is 1.84. The number of ether oxygens (including phenoxy) is 2. The molecule has 1 atom stereocenters. The fourth-order valence-corrected chi connectivity index (χ4v) is 1.84. The Morgan fingerprint density at radius 2 is 2.11 bits per heavy atom. The lowest BCUT2D eigenvalue weighted by molar-refractivity contribution is -0.151. The van der Waals surface area contributed by atoms with Gasteiger partial charge in [-0.15, -0.1) is 0 Å². The summed E-state index contributed by atoms with van der Waals surface area (Å²) in [6, 6.07) is 5.94. The maximum Gasteiger partial charge on any atom is 0.347 e. The van der Waals surface area contributed by atoms with Gasteiger partial charge >= 0.3 is 5.97 Å². The van der Waals surface area contributed by atoms with E-state index in [-0.39, 0.29) is 5.97 Å². The molecule has 1 N–H and O–H groups in total. The summed E-state index contributed by atoms with van der Waals surface area (Å²) < 4.78 is 10.8. The van der Waals surface area contributed by atoms with Gasteiger partial charge in [0.2, 0.25) is 0 Å². The summed E-state index contributed by atoms with van der Waals surface area (Å²) >= 11 is 0. The average Bonchev–Trinajstić information content (AvgIpc) is 2.38. The molecule has 0 fully saturated rings. The van der Waals surface area contributed by atoms with Crippen LogP contribution >= 0.6 is 0 Å². The molecule has 19 heavy (non-hydrogen) atoms. The van der Waals surface area contributed by atoms with Crippen LogP contribution in [0.5, 0.6) is 5.75 Å². The lowest BCUT2D eigenvalue weighted by Gasteiger charge is -2.18. The van der Waals surface area contributed by atoms with Gasteiger partial charge in [-0.2, -0.15) is 0 Å². The van der Waals surface area contributed by atoms with Gasteiger partial charge in [-0.3, -0.25) is 0 Å². The predicted octanol–water partition coefficient (Wildman–Crippen LogP) is 2.43. The van der Waals surface area contributed by atoms with Gasteiger partial charge in [-0.1, -0.05) is 24.6 Å². The Morgan fingerprint density at radius 3 is 2.68 bits per heavy atom. The molecule has 0 heterocycles. The maximum absolute atomic E-state index is 11.8. The van der Waals surface area contributed by atoms with Crippen molar-refractivity contribution < 1.29 is 14.3 Å². The van der Waals surface area contributed by atoms with E-state index in [0.29, 0.717) is 19.6 Å². The molecule has 0 aliphatic rings. The van der Waals surface area contributed by atoms with E-state index < -0.39 is 6.10 Å². The third-order valence-electron chi connectivity index (χ3n) is 2.77. The number of carbonyl (C=O) groups excluding carboxylic acids is 1. The van der Waals surface area contributed by atoms with E-state index in [0.717, 1.165) is 11.3 Å². The molecule has 0 radical (unpaired) electrons. The molecule has 0 aromatic heterocycles. The summed E-state index contributed by atoms with van der Waals surface area (Å²) in [5.74, 6) is 0.431. The van der Waals surface area contributed by atoms with Crippen molar-refractivity contribution in [1.82, 2.24) is 5.32 Å². The van der Waals surface area contributed by atoms with E-state index in [2.05, 4.69) is 11.4 Å². The highest BCUT2D eigenvalue weighted by atomic mass is 16.6. The molecule has 4 heteroatoms. The maximum atomic E-state index is 11.8. The smallest absolute Gasteiger partial charge is 0.347 e. The quantitative estimate of drug-likeness (QED) is 0.769. The Labute approximate surface area is 115 Å². The topological polar surface area (TPSA) is 47.6 Å². The number of nitrogens with one attached hydrogen (secondary N) is 1. The number of hydrogen-bond donors (Lipinski definition) is 1. The predicted molar refractivity (Wildman–Crippen MR) is 75.3 cm³/mol. The first-order valence-electron chi connectivity index (χ1n) is 6.69. The van der Waals surface area contributed by atoms with Crippen molar-refractivity contribution in [2.24, 2.45) is 0 Å². The highest BCUT2D eigenvalue weighted by Gasteiger charge is 2.20. The first kappa shape index (κ1) is 15.5. The molecule has 0 amide bonds. The number of hydrogen-bond acceptors (Lipinski definition) is 4. The highest BCUT2D eigenvalue weighted by molar-refractivity contribution is 5.75. The molecule has 0 saturated heterocycles. The van der Waals surface area contributed by atoms with E-state index in [1.165, 1.54) is 5.56 Å². The molecule has 1 aromatic carbocycles. The minimum Gasteiger partial charge on any atom is -0.478 e. The highest BCUT2D eigenvalue weighted by Crippen LogP contribution is 2.22. The number of aryl methyl sites for hydroxylation is 1. The number of esters is 1. The Balaban J connectivity index is 2.86. The van der Waals surface area contributed by atoms with Gasteiger partial charge < -0.3 is 14.8 Å². The standard InChI is InChI=1S/C15H23NO3/c1-5-13(15(17)18-6-2)19-14-8-7-11(3)9-12(14)10-16-4/h7-9,13,16H,5-6,10H2,1-4H3.